The Labute approximate surface area is 290 Å². The average Bonchev–Trinajstić information content (AvgIpc) is 3.57. The Kier molecular flexibility index (Phi) is 6.53. The van der Waals surface area contributed by atoms with Crippen molar-refractivity contribution in [1.29, 1.82) is 0 Å². The first kappa shape index (κ1) is 28.4. The van der Waals surface area contributed by atoms with Crippen LogP contribution in [0.25, 0.3) is 76.5 Å². The highest BCUT2D eigenvalue weighted by atomic mass is 16.3. The summed E-state index contributed by atoms with van der Waals surface area (Å²) in [6, 6.07) is 67.5. The highest BCUT2D eigenvalue weighted by Gasteiger charge is 2.22. The lowest BCUT2D eigenvalue weighted by Gasteiger charge is -2.28. The Balaban J connectivity index is 1.30. The molecule has 1 aromatic heterocycles. The molecule has 0 spiro atoms. The molecule has 0 fully saturated rings. The van der Waals surface area contributed by atoms with Crippen LogP contribution in [-0.4, -0.2) is 0 Å². The number of hydrogen-bond acceptors (Lipinski definition) is 2. The van der Waals surface area contributed by atoms with E-state index < -0.39 is 0 Å². The van der Waals surface area contributed by atoms with E-state index in [1.54, 1.807) is 0 Å². The molecule has 0 unspecified atom stereocenters. The molecule has 0 N–H and O–H groups in total. The number of benzene rings is 9. The van der Waals surface area contributed by atoms with E-state index in [4.69, 9.17) is 4.42 Å². The Bertz CT molecular complexity index is 2880. The van der Waals surface area contributed by atoms with Crippen LogP contribution in [0, 0.1) is 0 Å². The number of anilines is 3. The van der Waals surface area contributed by atoms with Crippen LogP contribution in [0.4, 0.5) is 17.1 Å². The first-order valence-corrected chi connectivity index (χ1v) is 17.1. The standard InChI is InChI=1S/C48H31NO/c1-2-13-32(14-3-1)36-19-10-20-37(29-36)49(38-28-27-33-15-4-5-17-35(33)30-38)45-31-44-47-42(40-24-11-18-34-16-6-7-21-39(34)40)25-12-26-46(47)50-48(44)43-23-9-8-22-41(43)45/h1-31H. The van der Waals surface area contributed by atoms with Gasteiger partial charge in [-0.25, -0.2) is 0 Å². The van der Waals surface area contributed by atoms with E-state index in [0.29, 0.717) is 0 Å². The van der Waals surface area contributed by atoms with E-state index >= 15 is 0 Å². The molecule has 50 heavy (non-hydrogen) atoms. The van der Waals surface area contributed by atoms with Crippen molar-refractivity contribution in [2.45, 2.75) is 0 Å². The van der Waals surface area contributed by atoms with Crippen LogP contribution in [0.5, 0.6) is 0 Å². The van der Waals surface area contributed by atoms with Crippen molar-refractivity contribution in [3.63, 3.8) is 0 Å². The fraction of sp³-hybridized carbons (Fsp3) is 0. The second kappa shape index (κ2) is 11.5. The summed E-state index contributed by atoms with van der Waals surface area (Å²) >= 11 is 0. The van der Waals surface area contributed by atoms with Crippen molar-refractivity contribution < 1.29 is 4.42 Å². The summed E-state index contributed by atoms with van der Waals surface area (Å²) in [6.07, 6.45) is 0. The zero-order chi connectivity index (χ0) is 33.0. The summed E-state index contributed by atoms with van der Waals surface area (Å²) in [5.41, 5.74) is 9.81. The molecule has 0 bridgehead atoms. The topological polar surface area (TPSA) is 16.4 Å². The van der Waals surface area contributed by atoms with Gasteiger partial charge in [-0.3, -0.25) is 0 Å². The van der Waals surface area contributed by atoms with Gasteiger partial charge in [0, 0.05) is 32.9 Å². The van der Waals surface area contributed by atoms with E-state index in [1.807, 2.05) is 0 Å². The van der Waals surface area contributed by atoms with E-state index in [2.05, 4.69) is 193 Å². The molecule has 1 heterocycles. The summed E-state index contributed by atoms with van der Waals surface area (Å²) in [5.74, 6) is 0. The first-order chi connectivity index (χ1) is 24.8. The maximum Gasteiger partial charge on any atom is 0.143 e. The van der Waals surface area contributed by atoms with Gasteiger partial charge in [0.25, 0.3) is 0 Å². The van der Waals surface area contributed by atoms with Crippen LogP contribution in [0.1, 0.15) is 0 Å². The Morgan fingerprint density at radius 2 is 1.00 bits per heavy atom. The number of nitrogens with zero attached hydrogens (tertiary/aromatic N) is 1. The predicted octanol–water partition coefficient (Wildman–Crippen LogP) is 13.8. The van der Waals surface area contributed by atoms with Crippen LogP contribution in [0.2, 0.25) is 0 Å². The smallest absolute Gasteiger partial charge is 0.143 e. The van der Waals surface area contributed by atoms with Crippen molar-refractivity contribution in [2.75, 3.05) is 4.90 Å². The molecule has 10 rings (SSSR count). The third-order valence-corrected chi connectivity index (χ3v) is 10.0. The summed E-state index contributed by atoms with van der Waals surface area (Å²) in [7, 11) is 0. The van der Waals surface area contributed by atoms with Gasteiger partial charge in [0.15, 0.2) is 0 Å². The van der Waals surface area contributed by atoms with Gasteiger partial charge >= 0.3 is 0 Å². The summed E-state index contributed by atoms with van der Waals surface area (Å²) in [5, 5.41) is 9.32. The second-order valence-corrected chi connectivity index (χ2v) is 12.9. The lowest BCUT2D eigenvalue weighted by molar-refractivity contribution is 0.673. The molecule has 0 aliphatic rings. The van der Waals surface area contributed by atoms with Crippen molar-refractivity contribution in [3.8, 4) is 22.3 Å². The minimum atomic E-state index is 0.885. The van der Waals surface area contributed by atoms with Gasteiger partial charge in [-0.15, -0.1) is 0 Å². The van der Waals surface area contributed by atoms with E-state index in [-0.39, 0.29) is 0 Å². The van der Waals surface area contributed by atoms with Gasteiger partial charge in [-0.05, 0) is 80.2 Å². The van der Waals surface area contributed by atoms with Crippen LogP contribution in [0.3, 0.4) is 0 Å². The highest BCUT2D eigenvalue weighted by Crippen LogP contribution is 2.47. The maximum atomic E-state index is 6.80. The van der Waals surface area contributed by atoms with Crippen LogP contribution in [-0.2, 0) is 0 Å². The highest BCUT2D eigenvalue weighted by molar-refractivity contribution is 6.23. The fourth-order valence-electron chi connectivity index (χ4n) is 7.70. The number of furan rings is 1. The Morgan fingerprint density at radius 1 is 0.360 bits per heavy atom. The zero-order valence-corrected chi connectivity index (χ0v) is 27.3. The van der Waals surface area contributed by atoms with Crippen molar-refractivity contribution in [2.24, 2.45) is 0 Å². The van der Waals surface area contributed by atoms with Crippen molar-refractivity contribution in [1.82, 2.24) is 0 Å². The molecular formula is C48H31NO. The van der Waals surface area contributed by atoms with Gasteiger partial charge in [-0.2, -0.15) is 0 Å². The van der Waals surface area contributed by atoms with Crippen molar-refractivity contribution in [3.05, 3.63) is 188 Å². The summed E-state index contributed by atoms with van der Waals surface area (Å²) in [6.45, 7) is 0. The molecule has 0 saturated carbocycles. The Morgan fingerprint density at radius 3 is 1.88 bits per heavy atom. The molecule has 2 heteroatoms. The fourth-order valence-corrected chi connectivity index (χ4v) is 7.70. The number of fused-ring (bicyclic) bond motifs is 7. The van der Waals surface area contributed by atoms with Crippen LogP contribution in [0.15, 0.2) is 192 Å². The monoisotopic (exact) mass is 637 g/mol. The first-order valence-electron chi connectivity index (χ1n) is 17.1. The number of rotatable bonds is 5. The molecule has 0 saturated heterocycles. The van der Waals surface area contributed by atoms with Gasteiger partial charge < -0.3 is 9.32 Å². The molecule has 234 valence electrons. The van der Waals surface area contributed by atoms with E-state index in [9.17, 15) is 0 Å². The number of hydrogen-bond donors (Lipinski definition) is 0. The molecule has 0 atom stereocenters. The minimum absolute atomic E-state index is 0.885. The molecule has 2 nitrogen and oxygen atoms in total. The lowest BCUT2D eigenvalue weighted by atomic mass is 9.93. The van der Waals surface area contributed by atoms with Gasteiger partial charge in [0.05, 0.1) is 5.69 Å². The summed E-state index contributed by atoms with van der Waals surface area (Å²) < 4.78 is 6.80. The summed E-state index contributed by atoms with van der Waals surface area (Å²) in [4.78, 5) is 2.42. The molecule has 0 aliphatic carbocycles. The zero-order valence-electron chi connectivity index (χ0n) is 27.3. The SMILES string of the molecule is c1ccc(-c2cccc(N(c3ccc4ccccc4c3)c3cc4c(oc5cccc(-c6cccc7ccccc67)c54)c4ccccc34)c2)cc1. The molecule has 0 radical (unpaired) electrons. The largest absolute Gasteiger partial charge is 0.455 e. The van der Waals surface area contributed by atoms with Gasteiger partial charge in [-0.1, -0.05) is 152 Å². The second-order valence-electron chi connectivity index (χ2n) is 12.9. The average molecular weight is 638 g/mol. The van der Waals surface area contributed by atoms with E-state index in [1.165, 1.54) is 43.8 Å². The van der Waals surface area contributed by atoms with E-state index in [0.717, 1.165) is 49.8 Å². The van der Waals surface area contributed by atoms with Crippen LogP contribution >= 0.6 is 0 Å². The third kappa shape index (κ3) is 4.57. The van der Waals surface area contributed by atoms with Crippen LogP contribution < -0.4 is 4.90 Å². The van der Waals surface area contributed by atoms with Gasteiger partial charge in [0.1, 0.15) is 11.2 Å². The molecule has 10 aromatic rings. The predicted molar refractivity (Wildman–Crippen MR) is 212 cm³/mol. The third-order valence-electron chi connectivity index (χ3n) is 10.0. The maximum absolute atomic E-state index is 6.80. The molecule has 9 aromatic carbocycles. The molecular weight excluding hydrogens is 607 g/mol. The van der Waals surface area contributed by atoms with Gasteiger partial charge in [0.2, 0.25) is 0 Å². The minimum Gasteiger partial charge on any atom is -0.455 e. The normalized spacial score (nSPS) is 11.6. The van der Waals surface area contributed by atoms with Crippen molar-refractivity contribution >= 4 is 71.3 Å². The molecule has 0 aliphatic heterocycles. The quantitative estimate of drug-likeness (QED) is 0.187. The lowest BCUT2D eigenvalue weighted by Crippen LogP contribution is -2.10. The molecule has 0 amide bonds. The Hall–Kier alpha value is -6.64.